The van der Waals surface area contributed by atoms with E-state index in [-0.39, 0.29) is 5.82 Å². The number of halogens is 1. The molecular weight excluding hydrogens is 271 g/mol. The van der Waals surface area contributed by atoms with Gasteiger partial charge in [-0.3, -0.25) is 0 Å². The third-order valence-electron chi connectivity index (χ3n) is 2.79. The van der Waals surface area contributed by atoms with E-state index in [0.717, 1.165) is 30.2 Å². The van der Waals surface area contributed by atoms with E-state index in [9.17, 15) is 4.39 Å². The molecule has 0 atom stereocenters. The van der Waals surface area contributed by atoms with Gasteiger partial charge in [-0.25, -0.2) is 9.37 Å². The first-order valence-corrected chi connectivity index (χ1v) is 6.78. The van der Waals surface area contributed by atoms with E-state index < -0.39 is 0 Å². The Balaban J connectivity index is 2.02. The second-order valence-corrected chi connectivity index (χ2v) is 4.62. The summed E-state index contributed by atoms with van der Waals surface area (Å²) in [6.45, 7) is 3.38. The number of ether oxygens (including phenoxy) is 1. The van der Waals surface area contributed by atoms with Gasteiger partial charge in [-0.2, -0.15) is 4.98 Å². The van der Waals surface area contributed by atoms with Crippen LogP contribution in [0.15, 0.2) is 30.3 Å². The van der Waals surface area contributed by atoms with Gasteiger partial charge in [-0.1, -0.05) is 0 Å². The van der Waals surface area contributed by atoms with Crippen molar-refractivity contribution >= 4 is 17.5 Å². The first kappa shape index (κ1) is 15.2. The number of anilines is 3. The van der Waals surface area contributed by atoms with Crippen LogP contribution in [0.2, 0.25) is 0 Å². The minimum absolute atomic E-state index is 0.272. The lowest BCUT2D eigenvalue weighted by Gasteiger charge is -2.10. The monoisotopic (exact) mass is 290 g/mol. The van der Waals surface area contributed by atoms with Gasteiger partial charge in [-0.15, -0.1) is 0 Å². The summed E-state index contributed by atoms with van der Waals surface area (Å²) in [5.41, 5.74) is 1.59. The topological polar surface area (TPSA) is 59.1 Å². The van der Waals surface area contributed by atoms with Crippen LogP contribution in [0, 0.1) is 12.7 Å². The molecular formula is C15H19FN4O. The van der Waals surface area contributed by atoms with Crippen molar-refractivity contribution in [3.8, 4) is 0 Å². The lowest BCUT2D eigenvalue weighted by atomic mass is 10.3. The molecule has 0 bridgehead atoms. The molecule has 0 fully saturated rings. The minimum Gasteiger partial charge on any atom is -0.385 e. The standard InChI is InChI=1S/C15H19FN4O/c1-11-10-14(17-8-3-9-21-2)20-15(18-11)19-13-6-4-12(16)5-7-13/h4-7,10H,3,8-9H2,1-2H3,(H2,17,18,19,20). The minimum atomic E-state index is -0.272. The van der Waals surface area contributed by atoms with Gasteiger partial charge < -0.3 is 15.4 Å². The number of aromatic nitrogens is 2. The van der Waals surface area contributed by atoms with Crippen LogP contribution in [0.5, 0.6) is 0 Å². The number of rotatable bonds is 7. The van der Waals surface area contributed by atoms with Crippen LogP contribution >= 0.6 is 0 Å². The SMILES string of the molecule is COCCCNc1cc(C)nc(Nc2ccc(F)cc2)n1. The van der Waals surface area contributed by atoms with Gasteiger partial charge in [0.05, 0.1) is 0 Å². The Morgan fingerprint density at radius 3 is 2.67 bits per heavy atom. The maximum absolute atomic E-state index is 12.9. The van der Waals surface area contributed by atoms with Crippen molar-refractivity contribution in [3.05, 3.63) is 41.8 Å². The number of benzene rings is 1. The number of nitrogens with zero attached hydrogens (tertiary/aromatic N) is 2. The molecule has 1 aromatic heterocycles. The van der Waals surface area contributed by atoms with Gasteiger partial charge in [0.1, 0.15) is 11.6 Å². The zero-order valence-electron chi connectivity index (χ0n) is 12.2. The Labute approximate surface area is 123 Å². The van der Waals surface area contributed by atoms with Crippen molar-refractivity contribution in [2.24, 2.45) is 0 Å². The maximum atomic E-state index is 12.9. The fourth-order valence-electron chi connectivity index (χ4n) is 1.81. The van der Waals surface area contributed by atoms with Gasteiger partial charge in [0, 0.05) is 37.7 Å². The van der Waals surface area contributed by atoms with E-state index in [1.807, 2.05) is 13.0 Å². The van der Waals surface area contributed by atoms with Crippen LogP contribution in [-0.4, -0.2) is 30.2 Å². The summed E-state index contributed by atoms with van der Waals surface area (Å²) in [4.78, 5) is 8.70. The molecule has 5 nitrogen and oxygen atoms in total. The number of methoxy groups -OCH3 is 1. The zero-order chi connectivity index (χ0) is 15.1. The van der Waals surface area contributed by atoms with E-state index in [2.05, 4.69) is 20.6 Å². The first-order valence-electron chi connectivity index (χ1n) is 6.78. The third-order valence-corrected chi connectivity index (χ3v) is 2.79. The van der Waals surface area contributed by atoms with E-state index in [1.54, 1.807) is 19.2 Å². The number of nitrogens with one attached hydrogen (secondary N) is 2. The molecule has 112 valence electrons. The van der Waals surface area contributed by atoms with Gasteiger partial charge >= 0.3 is 0 Å². The Morgan fingerprint density at radius 1 is 1.19 bits per heavy atom. The van der Waals surface area contributed by atoms with E-state index in [0.29, 0.717) is 12.6 Å². The average Bonchev–Trinajstić information content (AvgIpc) is 2.46. The zero-order valence-corrected chi connectivity index (χ0v) is 12.2. The highest BCUT2D eigenvalue weighted by atomic mass is 19.1. The summed E-state index contributed by atoms with van der Waals surface area (Å²) < 4.78 is 17.9. The van der Waals surface area contributed by atoms with Crippen molar-refractivity contribution in [3.63, 3.8) is 0 Å². The molecule has 0 aliphatic heterocycles. The summed E-state index contributed by atoms with van der Waals surface area (Å²) in [5.74, 6) is 0.963. The Hall–Kier alpha value is -2.21. The van der Waals surface area contributed by atoms with Crippen LogP contribution in [0.1, 0.15) is 12.1 Å². The molecule has 21 heavy (non-hydrogen) atoms. The first-order chi connectivity index (χ1) is 10.2. The van der Waals surface area contributed by atoms with E-state index in [4.69, 9.17) is 4.74 Å². The van der Waals surface area contributed by atoms with E-state index >= 15 is 0 Å². The quantitative estimate of drug-likeness (QED) is 0.767. The highest BCUT2D eigenvalue weighted by Crippen LogP contribution is 2.16. The molecule has 0 aliphatic carbocycles. The summed E-state index contributed by atoms with van der Waals surface area (Å²) in [6.07, 6.45) is 0.903. The van der Waals surface area contributed by atoms with Crippen LogP contribution in [-0.2, 0) is 4.74 Å². The molecule has 0 spiro atoms. The van der Waals surface area contributed by atoms with Crippen LogP contribution in [0.25, 0.3) is 0 Å². The summed E-state index contributed by atoms with van der Waals surface area (Å²) in [7, 11) is 1.68. The van der Waals surface area contributed by atoms with Crippen molar-refractivity contribution in [1.29, 1.82) is 0 Å². The van der Waals surface area contributed by atoms with Crippen molar-refractivity contribution in [2.75, 3.05) is 30.9 Å². The van der Waals surface area contributed by atoms with E-state index in [1.165, 1.54) is 12.1 Å². The average molecular weight is 290 g/mol. The second-order valence-electron chi connectivity index (χ2n) is 4.62. The molecule has 0 aliphatic rings. The Kier molecular flexibility index (Phi) is 5.45. The van der Waals surface area contributed by atoms with Gasteiger partial charge in [0.2, 0.25) is 5.95 Å². The number of hydrogen-bond donors (Lipinski definition) is 2. The lowest BCUT2D eigenvalue weighted by Crippen LogP contribution is -2.08. The highest BCUT2D eigenvalue weighted by molar-refractivity contribution is 5.55. The smallest absolute Gasteiger partial charge is 0.229 e. The van der Waals surface area contributed by atoms with Crippen molar-refractivity contribution in [1.82, 2.24) is 9.97 Å². The molecule has 2 N–H and O–H groups in total. The third kappa shape index (κ3) is 5.00. The van der Waals surface area contributed by atoms with Crippen LogP contribution < -0.4 is 10.6 Å². The van der Waals surface area contributed by atoms with Gasteiger partial charge in [0.25, 0.3) is 0 Å². The Bertz CT molecular complexity index is 574. The maximum Gasteiger partial charge on any atom is 0.229 e. The molecule has 6 heteroatoms. The molecule has 0 saturated carbocycles. The molecule has 0 unspecified atom stereocenters. The van der Waals surface area contributed by atoms with Crippen LogP contribution in [0.3, 0.4) is 0 Å². The van der Waals surface area contributed by atoms with Crippen molar-refractivity contribution in [2.45, 2.75) is 13.3 Å². The molecule has 1 aromatic carbocycles. The Morgan fingerprint density at radius 2 is 1.95 bits per heavy atom. The fraction of sp³-hybridized carbons (Fsp3) is 0.333. The van der Waals surface area contributed by atoms with Crippen LogP contribution in [0.4, 0.5) is 21.8 Å². The number of aryl methyl sites for hydroxylation is 1. The predicted molar refractivity (Wildman–Crippen MR) is 81.4 cm³/mol. The molecule has 2 aromatic rings. The fourth-order valence-corrected chi connectivity index (χ4v) is 1.81. The summed E-state index contributed by atoms with van der Waals surface area (Å²) >= 11 is 0. The molecule has 0 saturated heterocycles. The lowest BCUT2D eigenvalue weighted by molar-refractivity contribution is 0.198. The largest absolute Gasteiger partial charge is 0.385 e. The van der Waals surface area contributed by atoms with Crippen molar-refractivity contribution < 1.29 is 9.13 Å². The molecule has 1 heterocycles. The van der Waals surface area contributed by atoms with Gasteiger partial charge in [0.15, 0.2) is 0 Å². The molecule has 2 rings (SSSR count). The molecule has 0 radical (unpaired) electrons. The molecule has 0 amide bonds. The predicted octanol–water partition coefficient (Wildman–Crippen LogP) is 3.12. The normalized spacial score (nSPS) is 10.4. The summed E-state index contributed by atoms with van der Waals surface area (Å²) in [5, 5.41) is 6.28. The number of hydrogen-bond acceptors (Lipinski definition) is 5. The summed E-state index contributed by atoms with van der Waals surface area (Å²) in [6, 6.07) is 7.95. The highest BCUT2D eigenvalue weighted by Gasteiger charge is 2.03. The second kappa shape index (κ2) is 7.54. The van der Waals surface area contributed by atoms with Gasteiger partial charge in [-0.05, 0) is 37.6 Å².